The normalized spacial score (nSPS) is 10.7. The molecule has 0 fully saturated rings. The van der Waals surface area contributed by atoms with E-state index in [2.05, 4.69) is 13.8 Å². The van der Waals surface area contributed by atoms with Crippen LogP contribution in [0.1, 0.15) is 19.4 Å². The van der Waals surface area contributed by atoms with Gasteiger partial charge in [0.1, 0.15) is 0 Å². The molecule has 0 aliphatic heterocycles. The van der Waals surface area contributed by atoms with E-state index in [4.69, 9.17) is 22.4 Å². The van der Waals surface area contributed by atoms with Crippen molar-refractivity contribution in [1.82, 2.24) is 0 Å². The van der Waals surface area contributed by atoms with Crippen LogP contribution in [0.3, 0.4) is 0 Å². The lowest BCUT2D eigenvalue weighted by atomic mass is 10.1. The monoisotopic (exact) mass is 270 g/mol. The van der Waals surface area contributed by atoms with E-state index >= 15 is 0 Å². The Morgan fingerprint density at radius 3 is 2.61 bits per heavy atom. The van der Waals surface area contributed by atoms with Crippen LogP contribution in [0.5, 0.6) is 0 Å². The van der Waals surface area contributed by atoms with E-state index in [-0.39, 0.29) is 13.2 Å². The number of nitrogens with zero attached hydrogens (tertiary/aromatic N) is 1. The van der Waals surface area contributed by atoms with Crippen molar-refractivity contribution in [3.63, 3.8) is 0 Å². The Bertz CT molecular complexity index is 421. The number of amides is 1. The summed E-state index contributed by atoms with van der Waals surface area (Å²) in [5.74, 6) is -0.00381. The predicted octanol–water partition coefficient (Wildman–Crippen LogP) is 1.78. The molecule has 18 heavy (non-hydrogen) atoms. The van der Waals surface area contributed by atoms with Gasteiger partial charge in [0.25, 0.3) is 0 Å². The first-order valence-electron chi connectivity index (χ1n) is 5.86. The molecule has 0 saturated heterocycles. The number of anilines is 1. The van der Waals surface area contributed by atoms with Crippen molar-refractivity contribution < 1.29 is 9.90 Å². The van der Waals surface area contributed by atoms with E-state index in [1.807, 2.05) is 4.90 Å². The minimum absolute atomic E-state index is 0.0556. The predicted molar refractivity (Wildman–Crippen MR) is 73.6 cm³/mol. The van der Waals surface area contributed by atoms with Gasteiger partial charge in [-0.2, -0.15) is 0 Å². The highest BCUT2D eigenvalue weighted by atomic mass is 35.5. The number of primary amides is 1. The molecule has 0 heterocycles. The molecule has 0 spiro atoms. The van der Waals surface area contributed by atoms with Crippen LogP contribution in [0.15, 0.2) is 18.2 Å². The maximum absolute atomic E-state index is 11.1. The summed E-state index contributed by atoms with van der Waals surface area (Å²) in [5, 5.41) is 9.55. The lowest BCUT2D eigenvalue weighted by molar-refractivity contribution is -0.116. The van der Waals surface area contributed by atoms with Gasteiger partial charge in [0, 0.05) is 6.54 Å². The fourth-order valence-corrected chi connectivity index (χ4v) is 2.10. The van der Waals surface area contributed by atoms with Crippen LogP contribution in [-0.2, 0) is 11.4 Å². The first-order valence-corrected chi connectivity index (χ1v) is 6.24. The van der Waals surface area contributed by atoms with Crippen molar-refractivity contribution in [2.75, 3.05) is 18.0 Å². The van der Waals surface area contributed by atoms with Gasteiger partial charge in [0.05, 0.1) is 23.9 Å². The standard InChI is InChI=1S/C13H19ClN2O2/c1-9(2)6-16(7-13(15)18)12-4-3-10(8-17)5-11(12)14/h3-5,9,17H,6-8H2,1-2H3,(H2,15,18). The Balaban J connectivity index is 3.00. The topological polar surface area (TPSA) is 66.6 Å². The molecule has 4 nitrogen and oxygen atoms in total. The summed E-state index contributed by atoms with van der Waals surface area (Å²) in [7, 11) is 0. The van der Waals surface area contributed by atoms with Gasteiger partial charge in [-0.15, -0.1) is 0 Å². The molecule has 3 N–H and O–H groups in total. The molecule has 0 bridgehead atoms. The first kappa shape index (κ1) is 14.8. The van der Waals surface area contributed by atoms with Crippen LogP contribution >= 0.6 is 11.6 Å². The van der Waals surface area contributed by atoms with Crippen molar-refractivity contribution in [2.45, 2.75) is 20.5 Å². The van der Waals surface area contributed by atoms with Crippen molar-refractivity contribution in [3.8, 4) is 0 Å². The zero-order valence-electron chi connectivity index (χ0n) is 10.7. The summed E-state index contributed by atoms with van der Waals surface area (Å²) in [6.07, 6.45) is 0. The van der Waals surface area contributed by atoms with E-state index in [1.54, 1.807) is 18.2 Å². The molecular formula is C13H19ClN2O2. The van der Waals surface area contributed by atoms with Crippen molar-refractivity contribution >= 4 is 23.2 Å². The van der Waals surface area contributed by atoms with E-state index in [1.165, 1.54) is 0 Å². The zero-order chi connectivity index (χ0) is 13.7. The fraction of sp³-hybridized carbons (Fsp3) is 0.462. The number of benzene rings is 1. The van der Waals surface area contributed by atoms with Gasteiger partial charge in [0.15, 0.2) is 0 Å². The van der Waals surface area contributed by atoms with Crippen LogP contribution in [0.25, 0.3) is 0 Å². The Kier molecular flexibility index (Phi) is 5.44. The Morgan fingerprint density at radius 1 is 1.50 bits per heavy atom. The second-order valence-electron chi connectivity index (χ2n) is 4.68. The minimum atomic E-state index is -0.391. The molecule has 1 aromatic rings. The van der Waals surface area contributed by atoms with E-state index < -0.39 is 5.91 Å². The Hall–Kier alpha value is -1.26. The average Bonchev–Trinajstić information content (AvgIpc) is 2.26. The molecule has 0 aromatic heterocycles. The number of hydrogen-bond acceptors (Lipinski definition) is 3. The summed E-state index contributed by atoms with van der Waals surface area (Å²) < 4.78 is 0. The third-order valence-corrected chi connectivity index (χ3v) is 2.77. The van der Waals surface area contributed by atoms with Gasteiger partial charge >= 0.3 is 0 Å². The lowest BCUT2D eigenvalue weighted by Gasteiger charge is -2.26. The number of aliphatic hydroxyl groups is 1. The quantitative estimate of drug-likeness (QED) is 0.828. The molecule has 5 heteroatoms. The first-order chi connectivity index (χ1) is 8.43. The fourth-order valence-electron chi connectivity index (χ4n) is 1.78. The van der Waals surface area contributed by atoms with Crippen molar-refractivity contribution in [3.05, 3.63) is 28.8 Å². The van der Waals surface area contributed by atoms with Crippen LogP contribution in [0, 0.1) is 5.92 Å². The van der Waals surface area contributed by atoms with Crippen molar-refractivity contribution in [2.24, 2.45) is 11.7 Å². The minimum Gasteiger partial charge on any atom is -0.392 e. The number of halogens is 1. The second-order valence-corrected chi connectivity index (χ2v) is 5.09. The highest BCUT2D eigenvalue weighted by Crippen LogP contribution is 2.27. The molecule has 0 unspecified atom stereocenters. The second kappa shape index (κ2) is 6.61. The van der Waals surface area contributed by atoms with Crippen molar-refractivity contribution in [1.29, 1.82) is 0 Å². The number of carbonyl (C=O) groups is 1. The summed E-state index contributed by atoms with van der Waals surface area (Å²) >= 11 is 6.16. The third-order valence-electron chi connectivity index (χ3n) is 2.47. The average molecular weight is 271 g/mol. The Morgan fingerprint density at radius 2 is 2.17 bits per heavy atom. The number of carbonyl (C=O) groups excluding carboxylic acids is 1. The molecule has 0 saturated carbocycles. The molecule has 0 aliphatic carbocycles. The SMILES string of the molecule is CC(C)CN(CC(N)=O)c1ccc(CO)cc1Cl. The van der Waals surface area contributed by atoms with E-state index in [0.29, 0.717) is 17.5 Å². The molecule has 1 amide bonds. The number of hydrogen-bond donors (Lipinski definition) is 2. The van der Waals surface area contributed by atoms with E-state index in [9.17, 15) is 4.79 Å². The molecule has 0 radical (unpaired) electrons. The maximum atomic E-state index is 11.1. The molecule has 100 valence electrons. The van der Waals surface area contributed by atoms with Gasteiger partial charge in [-0.1, -0.05) is 31.5 Å². The zero-order valence-corrected chi connectivity index (χ0v) is 11.4. The lowest BCUT2D eigenvalue weighted by Crippen LogP contribution is -2.36. The van der Waals surface area contributed by atoms with Gasteiger partial charge in [-0.25, -0.2) is 0 Å². The van der Waals surface area contributed by atoms with Crippen LogP contribution in [0.4, 0.5) is 5.69 Å². The van der Waals surface area contributed by atoms with Crippen LogP contribution in [0.2, 0.25) is 5.02 Å². The number of aliphatic hydroxyl groups excluding tert-OH is 1. The number of nitrogens with two attached hydrogens (primary N) is 1. The third kappa shape index (κ3) is 4.20. The van der Waals surface area contributed by atoms with Gasteiger partial charge in [-0.05, 0) is 23.6 Å². The molecule has 0 aliphatic rings. The highest BCUT2D eigenvalue weighted by Gasteiger charge is 2.14. The summed E-state index contributed by atoms with van der Waals surface area (Å²) in [4.78, 5) is 13.0. The van der Waals surface area contributed by atoms with Gasteiger partial charge < -0.3 is 15.7 Å². The van der Waals surface area contributed by atoms with Gasteiger partial charge in [0.2, 0.25) is 5.91 Å². The highest BCUT2D eigenvalue weighted by molar-refractivity contribution is 6.33. The summed E-state index contributed by atoms with van der Waals surface area (Å²) in [6, 6.07) is 5.29. The smallest absolute Gasteiger partial charge is 0.236 e. The van der Waals surface area contributed by atoms with Gasteiger partial charge in [-0.3, -0.25) is 4.79 Å². The summed E-state index contributed by atoms with van der Waals surface area (Å²) in [6.45, 7) is 4.89. The molecule has 1 rings (SSSR count). The Labute approximate surface area is 112 Å². The molecular weight excluding hydrogens is 252 g/mol. The molecule has 0 atom stereocenters. The number of rotatable bonds is 6. The van der Waals surface area contributed by atoms with Crippen LogP contribution in [-0.4, -0.2) is 24.1 Å². The van der Waals surface area contributed by atoms with E-state index in [0.717, 1.165) is 11.3 Å². The largest absolute Gasteiger partial charge is 0.392 e. The van der Waals surface area contributed by atoms with Crippen LogP contribution < -0.4 is 10.6 Å². The maximum Gasteiger partial charge on any atom is 0.236 e. The molecule has 1 aromatic carbocycles. The summed E-state index contributed by atoms with van der Waals surface area (Å²) in [5.41, 5.74) is 6.76.